The summed E-state index contributed by atoms with van der Waals surface area (Å²) in [6.45, 7) is 1.74. The number of aromatic hydroxyl groups is 1. The molecular formula is C15H12O6. The average Bonchev–Trinajstić information content (AvgIpc) is 2.76. The smallest absolute Gasteiger partial charge is 0.347 e. The molecule has 1 aromatic carbocycles. The minimum atomic E-state index is -2.20. The Hall–Kier alpha value is -2.60. The molecule has 3 rings (SSSR count). The summed E-state index contributed by atoms with van der Waals surface area (Å²) in [6.07, 6.45) is 2.48. The molecule has 0 amide bonds. The maximum Gasteiger partial charge on any atom is 0.347 e. The maximum atomic E-state index is 12.6. The second kappa shape index (κ2) is 4.20. The van der Waals surface area contributed by atoms with Crippen LogP contribution in [0, 0.1) is 6.92 Å². The van der Waals surface area contributed by atoms with Gasteiger partial charge >= 0.3 is 5.97 Å². The van der Waals surface area contributed by atoms with Crippen molar-refractivity contribution in [1.29, 1.82) is 0 Å². The number of methoxy groups -OCH3 is 1. The Morgan fingerprint density at radius 3 is 2.76 bits per heavy atom. The Balaban J connectivity index is 2.42. The summed E-state index contributed by atoms with van der Waals surface area (Å²) in [5.74, 6) is -1.18. The van der Waals surface area contributed by atoms with Crippen LogP contribution in [0.25, 0.3) is 17.0 Å². The van der Waals surface area contributed by atoms with E-state index < -0.39 is 17.0 Å². The van der Waals surface area contributed by atoms with Crippen LogP contribution in [0.1, 0.15) is 16.9 Å². The molecular weight excluding hydrogens is 276 g/mol. The average molecular weight is 288 g/mol. The molecule has 1 aliphatic carbocycles. The number of rotatable bonds is 1. The van der Waals surface area contributed by atoms with Crippen molar-refractivity contribution in [2.24, 2.45) is 0 Å². The lowest BCUT2D eigenvalue weighted by atomic mass is 9.96. The highest BCUT2D eigenvalue weighted by atomic mass is 16.5. The van der Waals surface area contributed by atoms with Gasteiger partial charge in [0.15, 0.2) is 0 Å². The molecule has 6 nitrogen and oxygen atoms in total. The molecule has 1 aliphatic rings. The zero-order chi connectivity index (χ0) is 15.4. The molecule has 0 aliphatic heterocycles. The monoisotopic (exact) mass is 288 g/mol. The van der Waals surface area contributed by atoms with Crippen molar-refractivity contribution in [1.82, 2.24) is 0 Å². The first-order chi connectivity index (χ1) is 9.88. The van der Waals surface area contributed by atoms with E-state index in [2.05, 4.69) is 4.74 Å². The van der Waals surface area contributed by atoms with Gasteiger partial charge in [-0.2, -0.15) is 0 Å². The summed E-state index contributed by atoms with van der Waals surface area (Å²) in [7, 11) is 1.11. The first kappa shape index (κ1) is 13.4. The number of carbonyl (C=O) groups excluding carboxylic acids is 1. The molecule has 0 saturated heterocycles. The first-order valence-electron chi connectivity index (χ1n) is 6.19. The molecule has 0 fully saturated rings. The standard InChI is InChI=1S/C15H12O6/c1-7-5-8(16)11-10(6-7)21-9-3-4-15(19,14(18)20-2)12(9)13(11)17/h3-6,16,19H,1-2H3/t15-/m0/s1. The number of phenolic OH excluding ortho intramolecular Hbond substituents is 1. The number of phenols is 1. The fourth-order valence-corrected chi connectivity index (χ4v) is 2.53. The van der Waals surface area contributed by atoms with E-state index in [4.69, 9.17) is 4.42 Å². The van der Waals surface area contributed by atoms with Crippen LogP contribution in [-0.4, -0.2) is 23.3 Å². The highest BCUT2D eigenvalue weighted by molar-refractivity contribution is 5.92. The van der Waals surface area contributed by atoms with Crippen molar-refractivity contribution in [3.8, 4) is 5.75 Å². The number of benzene rings is 1. The number of aliphatic hydroxyl groups is 1. The van der Waals surface area contributed by atoms with E-state index in [-0.39, 0.29) is 28.0 Å². The molecule has 0 radical (unpaired) electrons. The fraction of sp³-hybridized carbons (Fsp3) is 0.200. The molecule has 21 heavy (non-hydrogen) atoms. The predicted octanol–water partition coefficient (Wildman–Crippen LogP) is 1.19. The Morgan fingerprint density at radius 2 is 2.10 bits per heavy atom. The molecule has 0 spiro atoms. The van der Waals surface area contributed by atoms with Crippen molar-refractivity contribution in [2.75, 3.05) is 7.11 Å². The van der Waals surface area contributed by atoms with E-state index in [1.807, 2.05) is 0 Å². The van der Waals surface area contributed by atoms with Gasteiger partial charge in [-0.25, -0.2) is 4.79 Å². The lowest BCUT2D eigenvalue weighted by Crippen LogP contribution is -2.37. The fourth-order valence-electron chi connectivity index (χ4n) is 2.53. The zero-order valence-electron chi connectivity index (χ0n) is 11.3. The van der Waals surface area contributed by atoms with Gasteiger partial charge in [0.1, 0.15) is 22.5 Å². The van der Waals surface area contributed by atoms with Crippen LogP contribution in [0.3, 0.4) is 0 Å². The van der Waals surface area contributed by atoms with Gasteiger partial charge in [-0.3, -0.25) is 4.79 Å². The van der Waals surface area contributed by atoms with Gasteiger partial charge in [0.2, 0.25) is 11.0 Å². The van der Waals surface area contributed by atoms with Crippen LogP contribution in [0.5, 0.6) is 5.75 Å². The molecule has 1 heterocycles. The third-order valence-corrected chi connectivity index (χ3v) is 3.50. The van der Waals surface area contributed by atoms with Gasteiger partial charge in [-0.15, -0.1) is 0 Å². The van der Waals surface area contributed by atoms with Crippen molar-refractivity contribution in [3.63, 3.8) is 0 Å². The molecule has 1 aromatic heterocycles. The maximum absolute atomic E-state index is 12.6. The second-order valence-electron chi connectivity index (χ2n) is 4.92. The van der Waals surface area contributed by atoms with Gasteiger partial charge < -0.3 is 19.4 Å². The number of hydrogen-bond donors (Lipinski definition) is 2. The summed E-state index contributed by atoms with van der Waals surface area (Å²) in [6, 6.07) is 3.01. The van der Waals surface area contributed by atoms with Gasteiger partial charge in [0.25, 0.3) is 0 Å². The largest absolute Gasteiger partial charge is 0.507 e. The van der Waals surface area contributed by atoms with Gasteiger partial charge in [-0.1, -0.05) is 0 Å². The van der Waals surface area contributed by atoms with Crippen molar-refractivity contribution in [2.45, 2.75) is 12.5 Å². The number of ether oxygens (including phenoxy) is 1. The number of carbonyl (C=O) groups is 1. The van der Waals surface area contributed by atoms with E-state index in [0.29, 0.717) is 5.56 Å². The van der Waals surface area contributed by atoms with Crippen LogP contribution < -0.4 is 5.43 Å². The van der Waals surface area contributed by atoms with E-state index >= 15 is 0 Å². The van der Waals surface area contributed by atoms with Crippen LogP contribution in [0.15, 0.2) is 27.4 Å². The third kappa shape index (κ3) is 1.69. The summed E-state index contributed by atoms with van der Waals surface area (Å²) in [4.78, 5) is 24.3. The highest BCUT2D eigenvalue weighted by Gasteiger charge is 2.45. The quantitative estimate of drug-likeness (QED) is 0.765. The molecule has 0 saturated carbocycles. The normalized spacial score (nSPS) is 19.8. The second-order valence-corrected chi connectivity index (χ2v) is 4.92. The van der Waals surface area contributed by atoms with Crippen LogP contribution in [0.2, 0.25) is 0 Å². The van der Waals surface area contributed by atoms with Gasteiger partial charge in [0, 0.05) is 0 Å². The number of aryl methyl sites for hydroxylation is 1. The number of hydrogen-bond acceptors (Lipinski definition) is 6. The predicted molar refractivity (Wildman–Crippen MR) is 73.8 cm³/mol. The summed E-state index contributed by atoms with van der Waals surface area (Å²) >= 11 is 0. The Labute approximate surface area is 118 Å². The lowest BCUT2D eigenvalue weighted by molar-refractivity contribution is -0.158. The Bertz CT molecular complexity index is 861. The Morgan fingerprint density at radius 1 is 1.38 bits per heavy atom. The van der Waals surface area contributed by atoms with Crippen LogP contribution in [-0.2, 0) is 15.1 Å². The number of esters is 1. The summed E-state index contributed by atoms with van der Waals surface area (Å²) < 4.78 is 10.0. The summed E-state index contributed by atoms with van der Waals surface area (Å²) in [5.41, 5.74) is -2.21. The molecule has 0 unspecified atom stereocenters. The molecule has 0 bridgehead atoms. The third-order valence-electron chi connectivity index (χ3n) is 3.50. The molecule has 6 heteroatoms. The first-order valence-corrected chi connectivity index (χ1v) is 6.19. The van der Waals surface area contributed by atoms with Crippen molar-refractivity contribution < 1.29 is 24.2 Å². The van der Waals surface area contributed by atoms with Gasteiger partial charge in [0.05, 0.1) is 12.7 Å². The SMILES string of the molecule is COC(=O)[C@]1(O)C=Cc2oc3cc(C)cc(O)c3c(=O)c21. The topological polar surface area (TPSA) is 97.0 Å². The van der Waals surface area contributed by atoms with E-state index in [1.54, 1.807) is 13.0 Å². The van der Waals surface area contributed by atoms with E-state index in [1.165, 1.54) is 12.1 Å². The van der Waals surface area contributed by atoms with Crippen molar-refractivity contribution in [3.05, 3.63) is 45.3 Å². The van der Waals surface area contributed by atoms with Gasteiger partial charge in [-0.05, 0) is 36.8 Å². The molecule has 2 N–H and O–H groups in total. The van der Waals surface area contributed by atoms with E-state index in [0.717, 1.165) is 13.2 Å². The molecule has 1 atom stereocenters. The lowest BCUT2D eigenvalue weighted by Gasteiger charge is -2.18. The van der Waals surface area contributed by atoms with Crippen molar-refractivity contribution >= 4 is 23.0 Å². The minimum Gasteiger partial charge on any atom is -0.507 e. The van der Waals surface area contributed by atoms with Crippen LogP contribution >= 0.6 is 0 Å². The molecule has 108 valence electrons. The zero-order valence-corrected chi connectivity index (χ0v) is 11.3. The van der Waals surface area contributed by atoms with Crippen LogP contribution in [0.4, 0.5) is 0 Å². The minimum absolute atomic E-state index is 0.0744. The van der Waals surface area contributed by atoms with E-state index in [9.17, 15) is 19.8 Å². The number of fused-ring (bicyclic) bond motifs is 2. The highest BCUT2D eigenvalue weighted by Crippen LogP contribution is 2.36. The Kier molecular flexibility index (Phi) is 2.67. The molecule has 2 aromatic rings. The summed E-state index contributed by atoms with van der Waals surface area (Å²) in [5, 5.41) is 20.3.